The van der Waals surface area contributed by atoms with Crippen LogP contribution in [0.4, 0.5) is 11.4 Å². The number of benzene rings is 3. The number of hydrogen-bond acceptors (Lipinski definition) is 4. The lowest BCUT2D eigenvalue weighted by Gasteiger charge is -2.12. The Kier molecular flexibility index (Phi) is 4.96. The number of nitrogens with zero attached hydrogens (tertiary/aromatic N) is 2. The third-order valence-corrected chi connectivity index (χ3v) is 5.26. The van der Waals surface area contributed by atoms with E-state index in [0.29, 0.717) is 0 Å². The van der Waals surface area contributed by atoms with Crippen LogP contribution in [0.2, 0.25) is 0 Å². The second-order valence-electron chi connectivity index (χ2n) is 7.28. The second-order valence-corrected chi connectivity index (χ2v) is 7.28. The molecular formula is C26H22N4. The zero-order valence-corrected chi connectivity index (χ0v) is 16.5. The van der Waals surface area contributed by atoms with Crippen LogP contribution in [-0.4, -0.2) is 9.97 Å². The molecule has 0 amide bonds. The second kappa shape index (κ2) is 8.21. The molecule has 0 saturated heterocycles. The van der Waals surface area contributed by atoms with Crippen molar-refractivity contribution in [1.29, 1.82) is 0 Å². The lowest BCUT2D eigenvalue weighted by Crippen LogP contribution is -2.03. The predicted molar refractivity (Wildman–Crippen MR) is 125 cm³/mol. The quantitative estimate of drug-likeness (QED) is 0.373. The number of pyridine rings is 2. The highest BCUT2D eigenvalue weighted by molar-refractivity contribution is 5.91. The van der Waals surface area contributed by atoms with Crippen molar-refractivity contribution in [2.24, 2.45) is 0 Å². The Bertz CT molecular complexity index is 1200. The SMILES string of the molecule is c1cc(CNc2ccnc3ccccc23)cc(CNc2ccnc3ccccc23)c1. The van der Waals surface area contributed by atoms with Gasteiger partial charge in [-0.3, -0.25) is 9.97 Å². The number of fused-ring (bicyclic) bond motifs is 2. The Morgan fingerprint density at radius 3 is 1.57 bits per heavy atom. The first-order valence-corrected chi connectivity index (χ1v) is 10.1. The summed E-state index contributed by atoms with van der Waals surface area (Å²) in [6.07, 6.45) is 3.70. The molecule has 4 heteroatoms. The van der Waals surface area contributed by atoms with E-state index in [4.69, 9.17) is 0 Å². The molecule has 0 radical (unpaired) electrons. The molecule has 30 heavy (non-hydrogen) atoms. The molecule has 3 aromatic carbocycles. The fourth-order valence-electron chi connectivity index (χ4n) is 3.74. The molecule has 5 rings (SSSR count). The zero-order chi connectivity index (χ0) is 20.2. The van der Waals surface area contributed by atoms with Gasteiger partial charge in [-0.05, 0) is 35.4 Å². The minimum atomic E-state index is 0.764. The maximum Gasteiger partial charge on any atom is 0.0722 e. The first-order chi connectivity index (χ1) is 14.9. The van der Waals surface area contributed by atoms with Gasteiger partial charge in [0.1, 0.15) is 0 Å². The maximum absolute atomic E-state index is 4.43. The molecule has 5 aromatic rings. The summed E-state index contributed by atoms with van der Waals surface area (Å²) in [5.74, 6) is 0. The van der Waals surface area contributed by atoms with Crippen LogP contribution in [0, 0.1) is 0 Å². The lowest BCUT2D eigenvalue weighted by atomic mass is 10.1. The van der Waals surface area contributed by atoms with Crippen molar-refractivity contribution in [1.82, 2.24) is 9.97 Å². The third kappa shape index (κ3) is 3.80. The Hall–Kier alpha value is -3.92. The largest absolute Gasteiger partial charge is 0.380 e. The molecule has 0 unspecified atom stereocenters. The summed E-state index contributed by atoms with van der Waals surface area (Å²) in [5, 5.41) is 9.40. The van der Waals surface area contributed by atoms with Crippen molar-refractivity contribution in [2.75, 3.05) is 10.6 Å². The summed E-state index contributed by atoms with van der Waals surface area (Å²) >= 11 is 0. The summed E-state index contributed by atoms with van der Waals surface area (Å²) in [7, 11) is 0. The minimum absolute atomic E-state index is 0.764. The van der Waals surface area contributed by atoms with E-state index in [-0.39, 0.29) is 0 Å². The van der Waals surface area contributed by atoms with E-state index in [2.05, 4.69) is 57.0 Å². The van der Waals surface area contributed by atoms with Crippen LogP contribution in [0.25, 0.3) is 21.8 Å². The number of anilines is 2. The van der Waals surface area contributed by atoms with Gasteiger partial charge in [-0.15, -0.1) is 0 Å². The Balaban J connectivity index is 1.29. The van der Waals surface area contributed by atoms with Crippen LogP contribution in [0.3, 0.4) is 0 Å². The van der Waals surface area contributed by atoms with Crippen molar-refractivity contribution in [3.8, 4) is 0 Å². The first-order valence-electron chi connectivity index (χ1n) is 10.1. The Morgan fingerprint density at radius 1 is 0.533 bits per heavy atom. The molecule has 0 bridgehead atoms. The third-order valence-electron chi connectivity index (χ3n) is 5.26. The van der Waals surface area contributed by atoms with Crippen molar-refractivity contribution in [3.05, 3.63) is 108 Å². The number of para-hydroxylation sites is 2. The lowest BCUT2D eigenvalue weighted by molar-refractivity contribution is 1.10. The number of rotatable bonds is 6. The standard InChI is InChI=1S/C26H22N4/c1-3-10-23-21(8-1)25(12-14-27-23)29-17-19-6-5-7-20(16-19)18-30-26-13-15-28-24-11-4-2-9-22(24)26/h1-16H,17-18H2,(H,27,29)(H,28,30). The zero-order valence-electron chi connectivity index (χ0n) is 16.5. The molecule has 0 fully saturated rings. The molecule has 0 aliphatic carbocycles. The highest BCUT2D eigenvalue weighted by atomic mass is 14.9. The molecule has 0 spiro atoms. The van der Waals surface area contributed by atoms with Gasteiger partial charge in [0.2, 0.25) is 0 Å². The molecular weight excluding hydrogens is 368 g/mol. The summed E-state index contributed by atoms with van der Waals surface area (Å²) in [5.41, 5.74) is 6.71. The summed E-state index contributed by atoms with van der Waals surface area (Å²) in [6.45, 7) is 1.53. The predicted octanol–water partition coefficient (Wildman–Crippen LogP) is 6.01. The monoisotopic (exact) mass is 390 g/mol. The van der Waals surface area contributed by atoms with Crippen LogP contribution in [0.15, 0.2) is 97.3 Å². The molecule has 2 heterocycles. The van der Waals surface area contributed by atoms with Gasteiger partial charge in [0.25, 0.3) is 0 Å². The van der Waals surface area contributed by atoms with Gasteiger partial charge in [0, 0.05) is 47.6 Å². The van der Waals surface area contributed by atoms with Crippen LogP contribution in [0.5, 0.6) is 0 Å². The Morgan fingerprint density at radius 2 is 1.03 bits per heavy atom. The minimum Gasteiger partial charge on any atom is -0.380 e. The van der Waals surface area contributed by atoms with E-state index in [9.17, 15) is 0 Å². The summed E-state index contributed by atoms with van der Waals surface area (Å²) in [4.78, 5) is 8.87. The van der Waals surface area contributed by atoms with E-state index >= 15 is 0 Å². The maximum atomic E-state index is 4.43. The smallest absolute Gasteiger partial charge is 0.0722 e. The summed E-state index contributed by atoms with van der Waals surface area (Å²) in [6, 6.07) is 29.1. The fraction of sp³-hybridized carbons (Fsp3) is 0.0769. The van der Waals surface area contributed by atoms with Crippen LogP contribution < -0.4 is 10.6 Å². The number of aromatic nitrogens is 2. The molecule has 0 saturated carbocycles. The van der Waals surface area contributed by atoms with Crippen molar-refractivity contribution < 1.29 is 0 Å². The molecule has 0 atom stereocenters. The molecule has 146 valence electrons. The van der Waals surface area contributed by atoms with E-state index in [1.807, 2.05) is 60.9 Å². The molecule has 0 aliphatic heterocycles. The van der Waals surface area contributed by atoms with Gasteiger partial charge in [-0.1, -0.05) is 60.7 Å². The van der Waals surface area contributed by atoms with E-state index < -0.39 is 0 Å². The average Bonchev–Trinajstić information content (AvgIpc) is 2.81. The molecule has 0 aliphatic rings. The molecule has 4 nitrogen and oxygen atoms in total. The number of nitrogens with one attached hydrogen (secondary N) is 2. The van der Waals surface area contributed by atoms with Crippen LogP contribution >= 0.6 is 0 Å². The van der Waals surface area contributed by atoms with E-state index in [0.717, 1.165) is 46.3 Å². The van der Waals surface area contributed by atoms with Crippen molar-refractivity contribution in [3.63, 3.8) is 0 Å². The van der Waals surface area contributed by atoms with Gasteiger partial charge in [-0.2, -0.15) is 0 Å². The van der Waals surface area contributed by atoms with Gasteiger partial charge < -0.3 is 10.6 Å². The van der Waals surface area contributed by atoms with Crippen LogP contribution in [-0.2, 0) is 13.1 Å². The van der Waals surface area contributed by atoms with Crippen molar-refractivity contribution >= 4 is 33.2 Å². The normalized spacial score (nSPS) is 10.9. The summed E-state index contributed by atoms with van der Waals surface area (Å²) < 4.78 is 0. The van der Waals surface area contributed by atoms with Gasteiger partial charge in [0.05, 0.1) is 11.0 Å². The fourth-order valence-corrected chi connectivity index (χ4v) is 3.74. The number of hydrogen-bond donors (Lipinski definition) is 2. The van der Waals surface area contributed by atoms with Gasteiger partial charge in [0.15, 0.2) is 0 Å². The van der Waals surface area contributed by atoms with Gasteiger partial charge in [-0.25, -0.2) is 0 Å². The van der Waals surface area contributed by atoms with E-state index in [1.165, 1.54) is 11.1 Å². The molecule has 2 N–H and O–H groups in total. The van der Waals surface area contributed by atoms with Crippen LogP contribution in [0.1, 0.15) is 11.1 Å². The van der Waals surface area contributed by atoms with Crippen molar-refractivity contribution in [2.45, 2.75) is 13.1 Å². The highest BCUT2D eigenvalue weighted by Crippen LogP contribution is 2.23. The average molecular weight is 390 g/mol. The Labute approximate surface area is 175 Å². The topological polar surface area (TPSA) is 49.8 Å². The first kappa shape index (κ1) is 18.1. The molecule has 2 aromatic heterocycles. The van der Waals surface area contributed by atoms with Gasteiger partial charge >= 0.3 is 0 Å². The highest BCUT2D eigenvalue weighted by Gasteiger charge is 2.04. The van der Waals surface area contributed by atoms with E-state index in [1.54, 1.807) is 0 Å².